The average molecular weight is 277 g/mol. The van der Waals surface area contributed by atoms with Crippen LogP contribution in [0, 0.1) is 18.7 Å². The minimum absolute atomic E-state index is 0.0772. The lowest BCUT2D eigenvalue weighted by Crippen LogP contribution is -2.23. The molecule has 0 heterocycles. The van der Waals surface area contributed by atoms with Crippen molar-refractivity contribution in [1.82, 2.24) is 5.32 Å². The van der Waals surface area contributed by atoms with Gasteiger partial charge in [-0.2, -0.15) is 0 Å². The lowest BCUT2D eigenvalue weighted by molar-refractivity contribution is 0.411. The molecule has 0 amide bonds. The van der Waals surface area contributed by atoms with Gasteiger partial charge in [0.25, 0.3) is 0 Å². The maximum atomic E-state index is 13.8. The van der Waals surface area contributed by atoms with Gasteiger partial charge in [-0.05, 0) is 55.8 Å². The smallest absolute Gasteiger partial charge is 0.126 e. The number of hydrogen-bond donors (Lipinski definition) is 1. The van der Waals surface area contributed by atoms with Gasteiger partial charge in [-0.25, -0.2) is 4.39 Å². The molecule has 20 heavy (non-hydrogen) atoms. The molecule has 1 saturated carbocycles. The van der Waals surface area contributed by atoms with Crippen LogP contribution in [0.1, 0.15) is 69.0 Å². The Labute approximate surface area is 123 Å². The normalized spacial score (nSPS) is 17.6. The number of rotatable bonds is 7. The van der Waals surface area contributed by atoms with Crippen LogP contribution in [-0.2, 0) is 0 Å². The summed E-state index contributed by atoms with van der Waals surface area (Å²) in [6.07, 6.45) is 9.11. The summed E-state index contributed by atoms with van der Waals surface area (Å²) in [6.45, 7) is 5.01. The lowest BCUT2D eigenvalue weighted by atomic mass is 9.94. The molecule has 1 aliphatic carbocycles. The van der Waals surface area contributed by atoms with Crippen molar-refractivity contribution in [2.24, 2.45) is 5.92 Å². The fraction of sp³-hybridized carbons (Fsp3) is 0.667. The molecular formula is C18H28FN. The first kappa shape index (κ1) is 15.5. The van der Waals surface area contributed by atoms with Gasteiger partial charge >= 0.3 is 0 Å². The first-order valence-electron chi connectivity index (χ1n) is 8.20. The highest BCUT2D eigenvalue weighted by atomic mass is 19.1. The molecule has 0 radical (unpaired) electrons. The second kappa shape index (κ2) is 7.78. The van der Waals surface area contributed by atoms with Crippen LogP contribution in [0.15, 0.2) is 18.2 Å². The van der Waals surface area contributed by atoms with E-state index in [1.807, 2.05) is 13.0 Å². The maximum absolute atomic E-state index is 13.8. The molecule has 1 unspecified atom stereocenters. The highest BCUT2D eigenvalue weighted by Crippen LogP contribution is 2.31. The summed E-state index contributed by atoms with van der Waals surface area (Å²) in [7, 11) is 0. The van der Waals surface area contributed by atoms with E-state index in [2.05, 4.69) is 18.3 Å². The summed E-state index contributed by atoms with van der Waals surface area (Å²) in [6, 6.07) is 6.02. The zero-order valence-electron chi connectivity index (χ0n) is 12.9. The van der Waals surface area contributed by atoms with Gasteiger partial charge in [0, 0.05) is 6.04 Å². The molecule has 1 nitrogen and oxygen atoms in total. The van der Waals surface area contributed by atoms with E-state index in [0.717, 1.165) is 36.4 Å². The third kappa shape index (κ3) is 4.31. The van der Waals surface area contributed by atoms with Crippen molar-refractivity contribution in [2.75, 3.05) is 6.54 Å². The van der Waals surface area contributed by atoms with E-state index in [0.29, 0.717) is 6.04 Å². The SMILES string of the molecule is CCCNC(CCC1CCCC1)c1ccc(C)c(F)c1. The van der Waals surface area contributed by atoms with Crippen molar-refractivity contribution in [3.63, 3.8) is 0 Å². The Morgan fingerprint density at radius 3 is 2.70 bits per heavy atom. The zero-order valence-corrected chi connectivity index (χ0v) is 12.9. The third-order valence-corrected chi connectivity index (χ3v) is 4.58. The fourth-order valence-electron chi connectivity index (χ4n) is 3.23. The van der Waals surface area contributed by atoms with Gasteiger partial charge in [0.15, 0.2) is 0 Å². The van der Waals surface area contributed by atoms with Crippen LogP contribution in [0.2, 0.25) is 0 Å². The Morgan fingerprint density at radius 1 is 1.30 bits per heavy atom. The minimum Gasteiger partial charge on any atom is -0.310 e. The van der Waals surface area contributed by atoms with Crippen LogP contribution in [0.25, 0.3) is 0 Å². The molecule has 2 heteroatoms. The molecular weight excluding hydrogens is 249 g/mol. The molecule has 1 atom stereocenters. The van der Waals surface area contributed by atoms with Gasteiger partial charge in [0.05, 0.1) is 0 Å². The number of halogens is 1. The number of aryl methyl sites for hydroxylation is 1. The summed E-state index contributed by atoms with van der Waals surface area (Å²) in [5, 5.41) is 3.59. The molecule has 1 fully saturated rings. The van der Waals surface area contributed by atoms with Gasteiger partial charge in [-0.15, -0.1) is 0 Å². The summed E-state index contributed by atoms with van der Waals surface area (Å²) in [4.78, 5) is 0. The van der Waals surface area contributed by atoms with Gasteiger partial charge in [-0.1, -0.05) is 44.7 Å². The predicted octanol–water partition coefficient (Wildman–Crippen LogP) is 5.15. The molecule has 0 aromatic heterocycles. The highest BCUT2D eigenvalue weighted by Gasteiger charge is 2.18. The van der Waals surface area contributed by atoms with Crippen molar-refractivity contribution < 1.29 is 4.39 Å². The summed E-state index contributed by atoms with van der Waals surface area (Å²) < 4.78 is 13.8. The third-order valence-electron chi connectivity index (χ3n) is 4.58. The van der Waals surface area contributed by atoms with Crippen molar-refractivity contribution >= 4 is 0 Å². The van der Waals surface area contributed by atoms with Gasteiger partial charge in [0.2, 0.25) is 0 Å². The van der Waals surface area contributed by atoms with Crippen LogP contribution in [0.3, 0.4) is 0 Å². The zero-order chi connectivity index (χ0) is 14.4. The van der Waals surface area contributed by atoms with E-state index < -0.39 is 0 Å². The maximum Gasteiger partial charge on any atom is 0.126 e. The highest BCUT2D eigenvalue weighted by molar-refractivity contribution is 5.25. The van der Waals surface area contributed by atoms with E-state index in [9.17, 15) is 4.39 Å². The number of hydrogen-bond acceptors (Lipinski definition) is 1. The van der Waals surface area contributed by atoms with Crippen molar-refractivity contribution in [2.45, 2.75) is 64.8 Å². The molecule has 1 aromatic rings. The van der Waals surface area contributed by atoms with E-state index in [4.69, 9.17) is 0 Å². The molecule has 0 bridgehead atoms. The molecule has 0 spiro atoms. The van der Waals surface area contributed by atoms with Crippen molar-refractivity contribution in [3.8, 4) is 0 Å². The van der Waals surface area contributed by atoms with Gasteiger partial charge in [0.1, 0.15) is 5.82 Å². The van der Waals surface area contributed by atoms with Crippen LogP contribution >= 0.6 is 0 Å². The molecule has 1 N–H and O–H groups in total. The molecule has 2 rings (SSSR count). The minimum atomic E-state index is -0.0772. The summed E-state index contributed by atoms with van der Waals surface area (Å²) >= 11 is 0. The van der Waals surface area contributed by atoms with Crippen LogP contribution in [0.5, 0.6) is 0 Å². The number of nitrogens with one attached hydrogen (secondary N) is 1. The predicted molar refractivity (Wildman–Crippen MR) is 83.4 cm³/mol. The Bertz CT molecular complexity index is 410. The Kier molecular flexibility index (Phi) is 6.03. The summed E-state index contributed by atoms with van der Waals surface area (Å²) in [5.74, 6) is 0.822. The average Bonchev–Trinajstić information content (AvgIpc) is 2.95. The fourth-order valence-corrected chi connectivity index (χ4v) is 3.23. The topological polar surface area (TPSA) is 12.0 Å². The largest absolute Gasteiger partial charge is 0.310 e. The molecule has 1 aromatic carbocycles. The van der Waals surface area contributed by atoms with Crippen LogP contribution in [-0.4, -0.2) is 6.54 Å². The van der Waals surface area contributed by atoms with E-state index in [-0.39, 0.29) is 5.82 Å². The molecule has 112 valence electrons. The van der Waals surface area contributed by atoms with E-state index in [1.54, 1.807) is 6.07 Å². The standard InChI is InChI=1S/C18H28FN/c1-3-12-20-18(11-9-15-6-4-5-7-15)16-10-8-14(2)17(19)13-16/h8,10,13,15,18,20H,3-7,9,11-12H2,1-2H3. The molecule has 1 aliphatic rings. The molecule has 0 aliphatic heterocycles. The van der Waals surface area contributed by atoms with Crippen molar-refractivity contribution in [3.05, 3.63) is 35.1 Å². The van der Waals surface area contributed by atoms with Gasteiger partial charge in [-0.3, -0.25) is 0 Å². The van der Waals surface area contributed by atoms with E-state index in [1.165, 1.54) is 32.1 Å². The lowest BCUT2D eigenvalue weighted by Gasteiger charge is -2.21. The Balaban J connectivity index is 1.99. The molecule has 0 saturated heterocycles. The first-order valence-corrected chi connectivity index (χ1v) is 8.20. The second-order valence-electron chi connectivity index (χ2n) is 6.24. The van der Waals surface area contributed by atoms with Crippen molar-refractivity contribution in [1.29, 1.82) is 0 Å². The Morgan fingerprint density at radius 2 is 2.05 bits per heavy atom. The quantitative estimate of drug-likeness (QED) is 0.727. The van der Waals surface area contributed by atoms with Crippen LogP contribution in [0.4, 0.5) is 4.39 Å². The monoisotopic (exact) mass is 277 g/mol. The number of benzene rings is 1. The van der Waals surface area contributed by atoms with Gasteiger partial charge < -0.3 is 5.32 Å². The van der Waals surface area contributed by atoms with E-state index >= 15 is 0 Å². The Hall–Kier alpha value is -0.890. The van der Waals surface area contributed by atoms with Crippen LogP contribution < -0.4 is 5.32 Å². The summed E-state index contributed by atoms with van der Waals surface area (Å²) in [5.41, 5.74) is 1.85. The second-order valence-corrected chi connectivity index (χ2v) is 6.24. The first-order chi connectivity index (χ1) is 9.70.